The fraction of sp³-hybridized carbons (Fsp3) is 0.556. The highest BCUT2D eigenvalue weighted by atomic mass is 16.5. The number of hydrogen-bond acceptors (Lipinski definition) is 3. The van der Waals surface area contributed by atoms with Gasteiger partial charge in [0.05, 0.1) is 20.0 Å². The highest BCUT2D eigenvalue weighted by Gasteiger charge is 2.25. The van der Waals surface area contributed by atoms with Crippen molar-refractivity contribution in [3.05, 3.63) is 35.9 Å². The van der Waals surface area contributed by atoms with Crippen LogP contribution in [0.2, 0.25) is 0 Å². The predicted molar refractivity (Wildman–Crippen MR) is 85.4 cm³/mol. The lowest BCUT2D eigenvalue weighted by atomic mass is 9.93. The van der Waals surface area contributed by atoms with E-state index in [1.165, 1.54) is 13.5 Å². The number of carbonyl (C=O) groups excluding carboxylic acids is 2. The van der Waals surface area contributed by atoms with Crippen LogP contribution in [0.3, 0.4) is 0 Å². The third-order valence-electron chi connectivity index (χ3n) is 4.32. The minimum absolute atomic E-state index is 0.113. The van der Waals surface area contributed by atoms with E-state index < -0.39 is 0 Å². The van der Waals surface area contributed by atoms with E-state index in [4.69, 9.17) is 4.74 Å². The maximum atomic E-state index is 12.7. The van der Waals surface area contributed by atoms with Crippen LogP contribution in [-0.4, -0.2) is 36.5 Å². The SMILES string of the molecule is COC(=O)CCN(C(=O)Cc1ccccc1)C1CCCCC1. The van der Waals surface area contributed by atoms with Crippen molar-refractivity contribution in [2.45, 2.75) is 51.0 Å². The number of carbonyl (C=O) groups is 2. The van der Waals surface area contributed by atoms with Crippen molar-refractivity contribution < 1.29 is 14.3 Å². The van der Waals surface area contributed by atoms with Crippen LogP contribution in [0.15, 0.2) is 30.3 Å². The quantitative estimate of drug-likeness (QED) is 0.759. The Morgan fingerprint density at radius 2 is 1.82 bits per heavy atom. The van der Waals surface area contributed by atoms with E-state index in [0.29, 0.717) is 13.0 Å². The van der Waals surface area contributed by atoms with Gasteiger partial charge in [0.15, 0.2) is 0 Å². The molecule has 1 aliphatic carbocycles. The normalized spacial score (nSPS) is 15.3. The third-order valence-corrected chi connectivity index (χ3v) is 4.32. The average Bonchev–Trinajstić information content (AvgIpc) is 2.56. The summed E-state index contributed by atoms with van der Waals surface area (Å²) in [5.41, 5.74) is 1.02. The molecule has 0 radical (unpaired) electrons. The number of methoxy groups -OCH3 is 1. The van der Waals surface area contributed by atoms with E-state index in [1.807, 2.05) is 35.2 Å². The summed E-state index contributed by atoms with van der Waals surface area (Å²) in [5.74, 6) is -0.143. The molecule has 4 nitrogen and oxygen atoms in total. The van der Waals surface area contributed by atoms with Crippen molar-refractivity contribution in [1.29, 1.82) is 0 Å². The van der Waals surface area contributed by atoms with E-state index in [2.05, 4.69) is 0 Å². The summed E-state index contributed by atoms with van der Waals surface area (Å²) in [7, 11) is 1.39. The number of rotatable bonds is 6. The van der Waals surface area contributed by atoms with Crippen LogP contribution in [0, 0.1) is 0 Å². The predicted octanol–water partition coefficient (Wildman–Crippen LogP) is 2.95. The standard InChI is InChI=1S/C18H25NO3/c1-22-18(21)12-13-19(16-10-6-3-7-11-16)17(20)14-15-8-4-2-5-9-15/h2,4-5,8-9,16H,3,6-7,10-14H2,1H3. The van der Waals surface area contributed by atoms with Crippen molar-refractivity contribution in [2.24, 2.45) is 0 Å². The molecule has 22 heavy (non-hydrogen) atoms. The Morgan fingerprint density at radius 1 is 1.14 bits per heavy atom. The molecule has 0 spiro atoms. The summed E-state index contributed by atoms with van der Waals surface area (Å²) >= 11 is 0. The van der Waals surface area contributed by atoms with Gasteiger partial charge in [-0.25, -0.2) is 0 Å². The molecule has 0 unspecified atom stereocenters. The molecule has 1 aliphatic rings. The van der Waals surface area contributed by atoms with Crippen molar-refractivity contribution in [3.63, 3.8) is 0 Å². The molecule has 0 bridgehead atoms. The summed E-state index contributed by atoms with van der Waals surface area (Å²) in [6.07, 6.45) is 6.33. The molecule has 0 atom stereocenters. The van der Waals surface area contributed by atoms with Gasteiger partial charge in [-0.15, -0.1) is 0 Å². The van der Waals surface area contributed by atoms with Gasteiger partial charge in [-0.3, -0.25) is 9.59 Å². The zero-order valence-electron chi connectivity index (χ0n) is 13.3. The number of benzene rings is 1. The van der Waals surface area contributed by atoms with E-state index in [9.17, 15) is 9.59 Å². The molecule has 0 N–H and O–H groups in total. The minimum atomic E-state index is -0.256. The molecule has 0 heterocycles. The number of amides is 1. The molecule has 1 fully saturated rings. The zero-order chi connectivity index (χ0) is 15.8. The molecule has 1 aromatic carbocycles. The van der Waals surface area contributed by atoms with Gasteiger partial charge in [0.2, 0.25) is 5.91 Å². The van der Waals surface area contributed by atoms with Crippen molar-refractivity contribution in [3.8, 4) is 0 Å². The molecule has 120 valence electrons. The van der Waals surface area contributed by atoms with Gasteiger partial charge < -0.3 is 9.64 Å². The number of nitrogens with zero attached hydrogens (tertiary/aromatic N) is 1. The largest absolute Gasteiger partial charge is 0.469 e. The van der Waals surface area contributed by atoms with Gasteiger partial charge in [-0.05, 0) is 18.4 Å². The number of ether oxygens (including phenoxy) is 1. The fourth-order valence-corrected chi connectivity index (χ4v) is 3.09. The van der Waals surface area contributed by atoms with Crippen molar-refractivity contribution >= 4 is 11.9 Å². The average molecular weight is 303 g/mol. The topological polar surface area (TPSA) is 46.6 Å². The zero-order valence-corrected chi connectivity index (χ0v) is 13.3. The van der Waals surface area contributed by atoms with Crippen LogP contribution < -0.4 is 0 Å². The number of hydrogen-bond donors (Lipinski definition) is 0. The van der Waals surface area contributed by atoms with E-state index >= 15 is 0 Å². The Bertz CT molecular complexity index is 480. The highest BCUT2D eigenvalue weighted by Crippen LogP contribution is 2.23. The maximum absolute atomic E-state index is 12.7. The van der Waals surface area contributed by atoms with Gasteiger partial charge in [0.1, 0.15) is 0 Å². The molecule has 1 aromatic rings. The first-order valence-electron chi connectivity index (χ1n) is 8.11. The van der Waals surface area contributed by atoms with Crippen LogP contribution >= 0.6 is 0 Å². The van der Waals surface area contributed by atoms with Gasteiger partial charge in [-0.2, -0.15) is 0 Å². The van der Waals surface area contributed by atoms with Crippen LogP contribution in [0.4, 0.5) is 0 Å². The maximum Gasteiger partial charge on any atom is 0.307 e. The first kappa shape index (κ1) is 16.5. The summed E-state index contributed by atoms with van der Waals surface area (Å²) in [4.78, 5) is 26.0. The second kappa shape index (κ2) is 8.57. The molecule has 0 aromatic heterocycles. The Morgan fingerprint density at radius 3 is 2.45 bits per heavy atom. The first-order chi connectivity index (χ1) is 10.7. The summed E-state index contributed by atoms with van der Waals surface area (Å²) in [6.45, 7) is 0.461. The Kier molecular flexibility index (Phi) is 6.44. The van der Waals surface area contributed by atoms with Gasteiger partial charge in [-0.1, -0.05) is 49.6 Å². The Labute approximate surface area is 132 Å². The third kappa shape index (κ3) is 4.86. The molecule has 2 rings (SSSR count). The summed E-state index contributed by atoms with van der Waals surface area (Å²) < 4.78 is 4.71. The fourth-order valence-electron chi connectivity index (χ4n) is 3.09. The van der Waals surface area contributed by atoms with Crippen LogP contribution in [0.1, 0.15) is 44.1 Å². The monoisotopic (exact) mass is 303 g/mol. The molecular weight excluding hydrogens is 278 g/mol. The highest BCUT2D eigenvalue weighted by molar-refractivity contribution is 5.80. The second-order valence-electron chi connectivity index (χ2n) is 5.87. The Hall–Kier alpha value is -1.84. The first-order valence-corrected chi connectivity index (χ1v) is 8.11. The summed E-state index contributed by atoms with van der Waals surface area (Å²) in [6, 6.07) is 10.1. The van der Waals surface area contributed by atoms with E-state index in [1.54, 1.807) is 0 Å². The van der Waals surface area contributed by atoms with Gasteiger partial charge in [0.25, 0.3) is 0 Å². The van der Waals surface area contributed by atoms with E-state index in [0.717, 1.165) is 31.2 Å². The Balaban J connectivity index is 2.01. The van der Waals surface area contributed by atoms with Crippen molar-refractivity contribution in [1.82, 2.24) is 4.90 Å². The van der Waals surface area contributed by atoms with Gasteiger partial charge >= 0.3 is 5.97 Å². The lowest BCUT2D eigenvalue weighted by molar-refractivity contribution is -0.142. The van der Waals surface area contributed by atoms with Crippen LogP contribution in [0.25, 0.3) is 0 Å². The molecule has 0 aliphatic heterocycles. The smallest absolute Gasteiger partial charge is 0.307 e. The lowest BCUT2D eigenvalue weighted by Crippen LogP contribution is -2.43. The molecule has 1 amide bonds. The van der Waals surface area contributed by atoms with Gasteiger partial charge in [0, 0.05) is 12.6 Å². The van der Waals surface area contributed by atoms with Crippen molar-refractivity contribution in [2.75, 3.05) is 13.7 Å². The van der Waals surface area contributed by atoms with E-state index in [-0.39, 0.29) is 24.3 Å². The molecule has 4 heteroatoms. The summed E-state index contributed by atoms with van der Waals surface area (Å²) in [5, 5.41) is 0. The lowest BCUT2D eigenvalue weighted by Gasteiger charge is -2.34. The second-order valence-corrected chi connectivity index (χ2v) is 5.87. The molecule has 1 saturated carbocycles. The molecular formula is C18H25NO3. The number of esters is 1. The van der Waals surface area contributed by atoms with Crippen LogP contribution in [-0.2, 0) is 20.7 Å². The van der Waals surface area contributed by atoms with Crippen LogP contribution in [0.5, 0.6) is 0 Å². The molecule has 0 saturated heterocycles. The minimum Gasteiger partial charge on any atom is -0.469 e.